The zero-order valence-electron chi connectivity index (χ0n) is 9.86. The van der Waals surface area contributed by atoms with Gasteiger partial charge in [-0.2, -0.15) is 0 Å². The second kappa shape index (κ2) is 5.73. The standard InChI is InChI=1S/C12H19NO2/c1-13(2)9-11-6-5-10(7-11)8-12(14-3)15-4/h5-7,9,12H,8H2,1-4H3/b11-9-. The number of ether oxygens (including phenoxy) is 2. The molecule has 0 aliphatic heterocycles. The first-order valence-electron chi connectivity index (χ1n) is 4.98. The molecule has 0 aromatic carbocycles. The molecule has 0 aromatic heterocycles. The Morgan fingerprint density at radius 3 is 2.47 bits per heavy atom. The van der Waals surface area contributed by atoms with Crippen LogP contribution < -0.4 is 0 Å². The van der Waals surface area contributed by atoms with E-state index in [0.717, 1.165) is 6.42 Å². The van der Waals surface area contributed by atoms with Crippen LogP contribution in [0.5, 0.6) is 0 Å². The molecular formula is C12H19NO2. The fourth-order valence-corrected chi connectivity index (χ4v) is 1.47. The molecule has 3 nitrogen and oxygen atoms in total. The van der Waals surface area contributed by atoms with Crippen LogP contribution in [0.1, 0.15) is 6.42 Å². The van der Waals surface area contributed by atoms with Gasteiger partial charge in [0.2, 0.25) is 0 Å². The van der Waals surface area contributed by atoms with E-state index in [1.54, 1.807) is 14.2 Å². The molecule has 1 rings (SSSR count). The van der Waals surface area contributed by atoms with E-state index in [1.165, 1.54) is 11.1 Å². The second-order valence-electron chi connectivity index (χ2n) is 3.75. The van der Waals surface area contributed by atoms with E-state index in [9.17, 15) is 0 Å². The van der Waals surface area contributed by atoms with Crippen molar-refractivity contribution >= 4 is 0 Å². The van der Waals surface area contributed by atoms with E-state index >= 15 is 0 Å². The van der Waals surface area contributed by atoms with E-state index in [1.807, 2.05) is 19.0 Å². The average molecular weight is 209 g/mol. The lowest BCUT2D eigenvalue weighted by Gasteiger charge is -2.12. The summed E-state index contributed by atoms with van der Waals surface area (Å²) < 4.78 is 10.3. The monoisotopic (exact) mass is 209 g/mol. The lowest BCUT2D eigenvalue weighted by molar-refractivity contribution is -0.0996. The van der Waals surface area contributed by atoms with Gasteiger partial charge in [-0.05, 0) is 11.1 Å². The number of hydrogen-bond donors (Lipinski definition) is 0. The molecule has 0 radical (unpaired) electrons. The fraction of sp³-hybridized carbons (Fsp3) is 0.500. The Hall–Kier alpha value is -1.06. The van der Waals surface area contributed by atoms with Gasteiger partial charge in [0.1, 0.15) is 0 Å². The summed E-state index contributed by atoms with van der Waals surface area (Å²) in [7, 11) is 7.34. The summed E-state index contributed by atoms with van der Waals surface area (Å²) >= 11 is 0. The summed E-state index contributed by atoms with van der Waals surface area (Å²) in [4.78, 5) is 2.03. The van der Waals surface area contributed by atoms with Gasteiger partial charge in [-0.3, -0.25) is 0 Å². The predicted octanol–water partition coefficient (Wildman–Crippen LogP) is 1.94. The predicted molar refractivity (Wildman–Crippen MR) is 61.4 cm³/mol. The van der Waals surface area contributed by atoms with Crippen LogP contribution in [0.2, 0.25) is 0 Å². The second-order valence-corrected chi connectivity index (χ2v) is 3.75. The molecule has 0 amide bonds. The molecule has 1 aliphatic rings. The van der Waals surface area contributed by atoms with Crippen molar-refractivity contribution in [3.8, 4) is 0 Å². The van der Waals surface area contributed by atoms with Gasteiger partial charge in [-0.1, -0.05) is 18.2 Å². The lowest BCUT2D eigenvalue weighted by atomic mass is 10.2. The summed E-state index contributed by atoms with van der Waals surface area (Å²) in [6, 6.07) is 0. The van der Waals surface area contributed by atoms with Crippen LogP contribution in [0.3, 0.4) is 0 Å². The van der Waals surface area contributed by atoms with Gasteiger partial charge in [-0.25, -0.2) is 0 Å². The quantitative estimate of drug-likeness (QED) is 0.646. The van der Waals surface area contributed by atoms with Crippen molar-refractivity contribution in [3.05, 3.63) is 35.6 Å². The van der Waals surface area contributed by atoms with Crippen LogP contribution in [0.25, 0.3) is 0 Å². The molecule has 84 valence electrons. The molecule has 0 unspecified atom stereocenters. The van der Waals surface area contributed by atoms with Gasteiger partial charge in [0.05, 0.1) is 0 Å². The summed E-state index contributed by atoms with van der Waals surface area (Å²) in [5, 5.41) is 0. The largest absolute Gasteiger partial charge is 0.383 e. The van der Waals surface area contributed by atoms with Crippen molar-refractivity contribution in [1.82, 2.24) is 4.90 Å². The van der Waals surface area contributed by atoms with E-state index in [0.29, 0.717) is 0 Å². The maximum Gasteiger partial charge on any atom is 0.160 e. The molecule has 0 heterocycles. The van der Waals surface area contributed by atoms with Crippen molar-refractivity contribution in [1.29, 1.82) is 0 Å². The Morgan fingerprint density at radius 1 is 1.27 bits per heavy atom. The van der Waals surface area contributed by atoms with Gasteiger partial charge >= 0.3 is 0 Å². The maximum absolute atomic E-state index is 5.15. The summed E-state index contributed by atoms with van der Waals surface area (Å²) in [6.07, 6.45) is 9.05. The molecule has 0 atom stereocenters. The Bertz CT molecular complexity index is 286. The number of nitrogens with zero attached hydrogens (tertiary/aromatic N) is 1. The highest BCUT2D eigenvalue weighted by atomic mass is 16.7. The molecule has 0 aromatic rings. The Morgan fingerprint density at radius 2 is 1.93 bits per heavy atom. The normalized spacial score (nSPS) is 17.7. The van der Waals surface area contributed by atoms with Gasteiger partial charge in [-0.15, -0.1) is 0 Å². The Labute approximate surface area is 91.7 Å². The summed E-state index contributed by atoms with van der Waals surface area (Å²) in [6.45, 7) is 0. The van der Waals surface area contributed by atoms with Crippen LogP contribution >= 0.6 is 0 Å². The van der Waals surface area contributed by atoms with E-state index in [4.69, 9.17) is 9.47 Å². The van der Waals surface area contributed by atoms with Crippen molar-refractivity contribution in [3.63, 3.8) is 0 Å². The molecule has 1 aliphatic carbocycles. The molecule has 0 saturated heterocycles. The number of hydrogen-bond acceptors (Lipinski definition) is 3. The molecule has 0 saturated carbocycles. The summed E-state index contributed by atoms with van der Waals surface area (Å²) in [5.41, 5.74) is 2.44. The van der Waals surface area contributed by atoms with E-state index in [-0.39, 0.29) is 6.29 Å². The third-order valence-electron chi connectivity index (χ3n) is 2.18. The molecule has 0 fully saturated rings. The third kappa shape index (κ3) is 3.90. The van der Waals surface area contributed by atoms with E-state index < -0.39 is 0 Å². The van der Waals surface area contributed by atoms with Crippen LogP contribution in [0.15, 0.2) is 35.6 Å². The summed E-state index contributed by atoms with van der Waals surface area (Å²) in [5.74, 6) is 0. The number of allylic oxidation sites excluding steroid dienone is 4. The zero-order valence-corrected chi connectivity index (χ0v) is 9.86. The highest BCUT2D eigenvalue weighted by molar-refractivity contribution is 5.45. The SMILES string of the molecule is COC(CC1=C/C(=C\N(C)C)C=C1)OC. The molecule has 0 N–H and O–H groups in total. The first kappa shape index (κ1) is 12.0. The van der Waals surface area contributed by atoms with Crippen molar-refractivity contribution in [2.24, 2.45) is 0 Å². The Balaban J connectivity index is 2.57. The third-order valence-corrected chi connectivity index (χ3v) is 2.18. The minimum atomic E-state index is -0.153. The van der Waals surface area contributed by atoms with E-state index in [2.05, 4.69) is 24.4 Å². The molecular weight excluding hydrogens is 190 g/mol. The maximum atomic E-state index is 5.15. The topological polar surface area (TPSA) is 21.7 Å². The van der Waals surface area contributed by atoms with Gasteiger partial charge in [0, 0.05) is 40.9 Å². The first-order valence-corrected chi connectivity index (χ1v) is 4.98. The lowest BCUT2D eigenvalue weighted by Crippen LogP contribution is -2.12. The van der Waals surface area contributed by atoms with Crippen molar-refractivity contribution in [2.45, 2.75) is 12.7 Å². The molecule has 3 heteroatoms. The first-order chi connectivity index (χ1) is 7.15. The fourth-order valence-electron chi connectivity index (χ4n) is 1.47. The smallest absolute Gasteiger partial charge is 0.160 e. The van der Waals surface area contributed by atoms with Crippen molar-refractivity contribution in [2.75, 3.05) is 28.3 Å². The number of methoxy groups -OCH3 is 2. The average Bonchev–Trinajstić information content (AvgIpc) is 2.61. The zero-order chi connectivity index (χ0) is 11.3. The van der Waals surface area contributed by atoms with Crippen molar-refractivity contribution < 1.29 is 9.47 Å². The minimum absolute atomic E-state index is 0.153. The highest BCUT2D eigenvalue weighted by Crippen LogP contribution is 2.20. The van der Waals surface area contributed by atoms with Crippen LogP contribution in [-0.2, 0) is 9.47 Å². The van der Waals surface area contributed by atoms with Crippen LogP contribution in [0, 0.1) is 0 Å². The molecule has 0 bridgehead atoms. The minimum Gasteiger partial charge on any atom is -0.383 e. The molecule has 15 heavy (non-hydrogen) atoms. The van der Waals surface area contributed by atoms with Crippen LogP contribution in [-0.4, -0.2) is 39.5 Å². The highest BCUT2D eigenvalue weighted by Gasteiger charge is 2.10. The Kier molecular flexibility index (Phi) is 4.59. The van der Waals surface area contributed by atoms with Crippen LogP contribution in [0.4, 0.5) is 0 Å². The molecule has 0 spiro atoms. The van der Waals surface area contributed by atoms with Gasteiger partial charge < -0.3 is 14.4 Å². The van der Waals surface area contributed by atoms with Gasteiger partial charge in [0.15, 0.2) is 6.29 Å². The number of rotatable bonds is 5. The van der Waals surface area contributed by atoms with Gasteiger partial charge in [0.25, 0.3) is 0 Å².